The van der Waals surface area contributed by atoms with Crippen molar-refractivity contribution in [1.29, 1.82) is 0 Å². The van der Waals surface area contributed by atoms with Gasteiger partial charge < -0.3 is 19.7 Å². The minimum Gasteiger partial charge on any atom is -0.371 e. The van der Waals surface area contributed by atoms with Crippen molar-refractivity contribution in [2.75, 3.05) is 46.4 Å². The van der Waals surface area contributed by atoms with Gasteiger partial charge in [-0.2, -0.15) is 0 Å². The summed E-state index contributed by atoms with van der Waals surface area (Å²) in [4.78, 5) is 2.28. The first kappa shape index (κ1) is 41.1. The summed E-state index contributed by atoms with van der Waals surface area (Å²) in [6.07, 6.45) is 19.2. The Labute approximate surface area is 197 Å². The second kappa shape index (κ2) is 37.1. The fourth-order valence-electron chi connectivity index (χ4n) is 3.38. The highest BCUT2D eigenvalue weighted by Crippen LogP contribution is 2.13. The molecule has 31 heavy (non-hydrogen) atoms. The van der Waals surface area contributed by atoms with E-state index in [1.807, 2.05) is 0 Å². The normalized spacial score (nSPS) is 10.1. The monoisotopic (exact) mass is 453 g/mol. The molecule has 5 heteroatoms. The summed E-state index contributed by atoms with van der Waals surface area (Å²) in [5, 5.41) is 17.4. The first-order chi connectivity index (χ1) is 13.3. The van der Waals surface area contributed by atoms with E-state index >= 15 is 0 Å². The maximum Gasteiger partial charge on any atom is 0.143 e. The summed E-state index contributed by atoms with van der Waals surface area (Å²) >= 11 is 0. The molecule has 2 N–H and O–H groups in total. The third-order valence-electron chi connectivity index (χ3n) is 5.11. The zero-order valence-electron chi connectivity index (χ0n) is 18.0. The van der Waals surface area contributed by atoms with Crippen LogP contribution in [0.3, 0.4) is 0 Å². The van der Waals surface area contributed by atoms with Crippen LogP contribution in [0, 0.1) is 0 Å². The Balaban J connectivity index is -0.000000563. The van der Waals surface area contributed by atoms with Gasteiger partial charge in [0.2, 0.25) is 0 Å². The molecule has 0 saturated carbocycles. The number of hydrogen-bond donors (Lipinski definition) is 2. The van der Waals surface area contributed by atoms with Crippen LogP contribution in [-0.2, 0) is 9.47 Å². The predicted octanol–water partition coefficient (Wildman–Crippen LogP) is 7.25. The first-order valence-corrected chi connectivity index (χ1v) is 11.4. The smallest absolute Gasteiger partial charge is 0.143 e. The summed E-state index contributed by atoms with van der Waals surface area (Å²) in [6.45, 7) is 5.53. The fraction of sp³-hybridized carbons (Fsp3) is 1.00. The third kappa shape index (κ3) is 34.6. The van der Waals surface area contributed by atoms with Crippen molar-refractivity contribution in [3.05, 3.63) is 0 Å². The standard InChI is InChI=1S/C22H47NO4.4CH4/c1-2-3-4-5-6-7-8-9-10-11-12-13-14-15-16-23(17-19-26-21-24)18-20-27-22-25;;;;/h24-25H,2-22H2,1H3;4*1H4. The van der Waals surface area contributed by atoms with E-state index in [1.54, 1.807) is 0 Å². The van der Waals surface area contributed by atoms with Crippen LogP contribution in [0.4, 0.5) is 0 Å². The van der Waals surface area contributed by atoms with Crippen LogP contribution >= 0.6 is 0 Å². The molecule has 0 radical (unpaired) electrons. The van der Waals surface area contributed by atoms with Crippen molar-refractivity contribution in [2.45, 2.75) is 127 Å². The van der Waals surface area contributed by atoms with E-state index in [9.17, 15) is 0 Å². The molecule has 0 atom stereocenters. The molecule has 0 unspecified atom stereocenters. The van der Waals surface area contributed by atoms with Crippen molar-refractivity contribution in [3.63, 3.8) is 0 Å². The van der Waals surface area contributed by atoms with Gasteiger partial charge in [-0.3, -0.25) is 4.90 Å². The zero-order valence-corrected chi connectivity index (χ0v) is 18.0. The quantitative estimate of drug-likeness (QED) is 0.126. The van der Waals surface area contributed by atoms with E-state index in [0.717, 1.165) is 19.6 Å². The van der Waals surface area contributed by atoms with Gasteiger partial charge in [-0.1, -0.05) is 120 Å². The molecule has 0 rings (SSSR count). The Morgan fingerprint density at radius 2 is 0.806 bits per heavy atom. The Kier molecular flexibility index (Phi) is 49.2. The molecule has 196 valence electrons. The number of aliphatic hydroxyl groups is 2. The van der Waals surface area contributed by atoms with Crippen LogP contribution in [0.25, 0.3) is 0 Å². The van der Waals surface area contributed by atoms with Crippen molar-refractivity contribution in [2.24, 2.45) is 0 Å². The SMILES string of the molecule is C.C.C.C.CCCCCCCCCCCCCCCCN(CCOCO)CCOCO. The van der Waals surface area contributed by atoms with Gasteiger partial charge in [0.25, 0.3) is 0 Å². The van der Waals surface area contributed by atoms with E-state index in [-0.39, 0.29) is 43.3 Å². The van der Waals surface area contributed by atoms with Gasteiger partial charge in [0.05, 0.1) is 13.2 Å². The first-order valence-electron chi connectivity index (χ1n) is 11.4. The highest BCUT2D eigenvalue weighted by molar-refractivity contribution is 4.58. The van der Waals surface area contributed by atoms with Gasteiger partial charge in [-0.15, -0.1) is 0 Å². The van der Waals surface area contributed by atoms with E-state index in [2.05, 4.69) is 11.8 Å². The average molecular weight is 454 g/mol. The summed E-state index contributed by atoms with van der Waals surface area (Å²) in [5.74, 6) is 0. The van der Waals surface area contributed by atoms with E-state index in [0.29, 0.717) is 13.2 Å². The van der Waals surface area contributed by atoms with E-state index in [1.165, 1.54) is 89.9 Å². The largest absolute Gasteiger partial charge is 0.371 e. The van der Waals surface area contributed by atoms with Crippen molar-refractivity contribution in [1.82, 2.24) is 4.90 Å². The second-order valence-electron chi connectivity index (χ2n) is 7.51. The third-order valence-corrected chi connectivity index (χ3v) is 5.11. The molecule has 0 aliphatic heterocycles. The lowest BCUT2D eigenvalue weighted by Gasteiger charge is -2.21. The van der Waals surface area contributed by atoms with Gasteiger partial charge in [0.15, 0.2) is 0 Å². The molecule has 0 aromatic heterocycles. The minimum atomic E-state index is -0.222. The number of ether oxygens (including phenoxy) is 2. The van der Waals surface area contributed by atoms with Crippen molar-refractivity contribution < 1.29 is 19.7 Å². The Hall–Kier alpha value is -0.200. The summed E-state index contributed by atoms with van der Waals surface area (Å²) in [7, 11) is 0. The molecule has 0 heterocycles. The second-order valence-corrected chi connectivity index (χ2v) is 7.51. The molecule has 0 aliphatic rings. The van der Waals surface area contributed by atoms with Gasteiger partial charge in [0, 0.05) is 13.1 Å². The lowest BCUT2D eigenvalue weighted by atomic mass is 10.0. The zero-order chi connectivity index (χ0) is 19.8. The molecule has 0 aromatic rings. The summed E-state index contributed by atoms with van der Waals surface area (Å²) in [5.41, 5.74) is 0. The van der Waals surface area contributed by atoms with Crippen molar-refractivity contribution >= 4 is 0 Å². The lowest BCUT2D eigenvalue weighted by Crippen LogP contribution is -2.32. The summed E-state index contributed by atoms with van der Waals surface area (Å²) in [6, 6.07) is 0. The number of unbranched alkanes of at least 4 members (excludes halogenated alkanes) is 13. The predicted molar refractivity (Wildman–Crippen MR) is 140 cm³/mol. The van der Waals surface area contributed by atoms with Crippen LogP contribution in [0.1, 0.15) is 127 Å². The van der Waals surface area contributed by atoms with Gasteiger partial charge >= 0.3 is 0 Å². The lowest BCUT2D eigenvalue weighted by molar-refractivity contribution is -0.0249. The number of nitrogens with zero attached hydrogens (tertiary/aromatic N) is 1. The maximum absolute atomic E-state index is 8.70. The molecular formula is C26H63NO4. The molecule has 0 spiro atoms. The number of hydrogen-bond acceptors (Lipinski definition) is 5. The topological polar surface area (TPSA) is 62.2 Å². The van der Waals surface area contributed by atoms with E-state index in [4.69, 9.17) is 19.7 Å². The molecule has 0 amide bonds. The Morgan fingerprint density at radius 1 is 0.484 bits per heavy atom. The molecule has 0 aromatic carbocycles. The molecule has 0 bridgehead atoms. The Bertz CT molecular complexity index is 258. The highest BCUT2D eigenvalue weighted by atomic mass is 16.6. The van der Waals surface area contributed by atoms with Gasteiger partial charge in [0.1, 0.15) is 13.6 Å². The van der Waals surface area contributed by atoms with Crippen LogP contribution in [0.2, 0.25) is 0 Å². The van der Waals surface area contributed by atoms with E-state index < -0.39 is 0 Å². The van der Waals surface area contributed by atoms with Crippen LogP contribution in [0.5, 0.6) is 0 Å². The summed E-state index contributed by atoms with van der Waals surface area (Å²) < 4.78 is 10.0. The average Bonchev–Trinajstić information content (AvgIpc) is 2.68. The molecule has 0 aliphatic carbocycles. The van der Waals surface area contributed by atoms with Gasteiger partial charge in [-0.25, -0.2) is 0 Å². The van der Waals surface area contributed by atoms with Crippen LogP contribution < -0.4 is 0 Å². The number of rotatable bonds is 23. The molecule has 0 saturated heterocycles. The van der Waals surface area contributed by atoms with Gasteiger partial charge in [-0.05, 0) is 13.0 Å². The molecular weight excluding hydrogens is 390 g/mol. The Morgan fingerprint density at radius 3 is 1.13 bits per heavy atom. The maximum atomic E-state index is 8.70. The molecule has 5 nitrogen and oxygen atoms in total. The molecule has 0 fully saturated rings. The highest BCUT2D eigenvalue weighted by Gasteiger charge is 2.04. The van der Waals surface area contributed by atoms with Crippen molar-refractivity contribution in [3.8, 4) is 0 Å². The van der Waals surface area contributed by atoms with Crippen LogP contribution in [0.15, 0.2) is 0 Å². The number of aliphatic hydroxyl groups excluding tert-OH is 2. The van der Waals surface area contributed by atoms with Crippen LogP contribution in [-0.4, -0.2) is 61.5 Å². The minimum absolute atomic E-state index is 0. The fourth-order valence-corrected chi connectivity index (χ4v) is 3.38.